The quantitative estimate of drug-likeness (QED) is 0.758. The van der Waals surface area contributed by atoms with Gasteiger partial charge in [0.2, 0.25) is 0 Å². The Bertz CT molecular complexity index is 643. The van der Waals surface area contributed by atoms with E-state index in [0.717, 1.165) is 46.1 Å². The highest BCUT2D eigenvalue weighted by molar-refractivity contribution is 7.98. The van der Waals surface area contributed by atoms with E-state index in [2.05, 4.69) is 24.3 Å². The molecule has 0 aliphatic heterocycles. The molecule has 0 unspecified atom stereocenters. The summed E-state index contributed by atoms with van der Waals surface area (Å²) in [7, 11) is 0. The topological polar surface area (TPSA) is 55.1 Å². The summed E-state index contributed by atoms with van der Waals surface area (Å²) in [6.45, 7) is 8.04. The molecule has 0 aliphatic rings. The Morgan fingerprint density at radius 2 is 1.96 bits per heavy atom. The van der Waals surface area contributed by atoms with Crippen LogP contribution in [-0.4, -0.2) is 17.1 Å². The normalized spacial score (nSPS) is 11.0. The summed E-state index contributed by atoms with van der Waals surface area (Å²) in [5.41, 5.74) is 2.75. The Hall–Kier alpha value is -1.75. The highest BCUT2D eigenvalue weighted by atomic mass is 32.2. The highest BCUT2D eigenvalue weighted by Crippen LogP contribution is 2.28. The standard InChI is InChI=1S/C18H24N2O2S/c1-5-14(6-2)19-18(21)15-9-7-8-10-17(15)23-11-16-12(3)20-22-13(16)4/h7-10,14H,5-6,11H2,1-4H3,(H,19,21). The van der Waals surface area contributed by atoms with Crippen molar-refractivity contribution in [3.63, 3.8) is 0 Å². The van der Waals surface area contributed by atoms with Crippen molar-refractivity contribution in [2.45, 2.75) is 57.2 Å². The maximum absolute atomic E-state index is 12.5. The van der Waals surface area contributed by atoms with Gasteiger partial charge in [-0.15, -0.1) is 11.8 Å². The summed E-state index contributed by atoms with van der Waals surface area (Å²) in [6, 6.07) is 7.96. The first-order chi connectivity index (χ1) is 11.1. The van der Waals surface area contributed by atoms with Gasteiger partial charge in [0.15, 0.2) is 0 Å². The highest BCUT2D eigenvalue weighted by Gasteiger charge is 2.16. The smallest absolute Gasteiger partial charge is 0.252 e. The molecule has 0 radical (unpaired) electrons. The van der Waals surface area contributed by atoms with E-state index in [4.69, 9.17) is 4.52 Å². The molecule has 0 fully saturated rings. The van der Waals surface area contributed by atoms with Crippen LogP contribution in [0.1, 0.15) is 54.1 Å². The summed E-state index contributed by atoms with van der Waals surface area (Å²) in [4.78, 5) is 13.5. The van der Waals surface area contributed by atoms with E-state index in [0.29, 0.717) is 0 Å². The van der Waals surface area contributed by atoms with Gasteiger partial charge in [0.05, 0.1) is 11.3 Å². The van der Waals surface area contributed by atoms with Gasteiger partial charge >= 0.3 is 0 Å². The second kappa shape index (κ2) is 8.20. The van der Waals surface area contributed by atoms with Crippen LogP contribution in [0.3, 0.4) is 0 Å². The molecule has 1 N–H and O–H groups in total. The molecule has 2 aromatic rings. The van der Waals surface area contributed by atoms with E-state index in [1.54, 1.807) is 11.8 Å². The van der Waals surface area contributed by atoms with Crippen LogP contribution in [0.25, 0.3) is 0 Å². The van der Waals surface area contributed by atoms with Crippen molar-refractivity contribution in [3.8, 4) is 0 Å². The Kier molecular flexibility index (Phi) is 6.28. The second-order valence-electron chi connectivity index (χ2n) is 5.57. The number of rotatable bonds is 7. The molecular formula is C18H24N2O2S. The van der Waals surface area contributed by atoms with Crippen molar-refractivity contribution < 1.29 is 9.32 Å². The molecule has 0 saturated carbocycles. The van der Waals surface area contributed by atoms with Gasteiger partial charge in [0, 0.05) is 22.3 Å². The molecule has 4 nitrogen and oxygen atoms in total. The van der Waals surface area contributed by atoms with E-state index in [-0.39, 0.29) is 11.9 Å². The summed E-state index contributed by atoms with van der Waals surface area (Å²) < 4.78 is 5.20. The Morgan fingerprint density at radius 1 is 1.26 bits per heavy atom. The molecule has 1 aromatic carbocycles. The van der Waals surface area contributed by atoms with E-state index >= 15 is 0 Å². The molecule has 0 aliphatic carbocycles. The summed E-state index contributed by atoms with van der Waals surface area (Å²) in [6.07, 6.45) is 1.88. The third-order valence-electron chi connectivity index (χ3n) is 4.01. The molecule has 0 bridgehead atoms. The lowest BCUT2D eigenvalue weighted by Gasteiger charge is -2.16. The Labute approximate surface area is 142 Å². The zero-order valence-corrected chi connectivity index (χ0v) is 15.0. The van der Waals surface area contributed by atoms with Crippen LogP contribution < -0.4 is 5.32 Å². The number of aromatic nitrogens is 1. The van der Waals surface area contributed by atoms with Gasteiger partial charge in [-0.05, 0) is 38.8 Å². The fraction of sp³-hybridized carbons (Fsp3) is 0.444. The molecule has 2 rings (SSSR count). The summed E-state index contributed by atoms with van der Waals surface area (Å²) >= 11 is 1.64. The van der Waals surface area contributed by atoms with Crippen molar-refractivity contribution in [1.29, 1.82) is 0 Å². The van der Waals surface area contributed by atoms with Crippen LogP contribution in [0, 0.1) is 13.8 Å². The van der Waals surface area contributed by atoms with Gasteiger partial charge < -0.3 is 9.84 Å². The maximum atomic E-state index is 12.5. The minimum absolute atomic E-state index is 0.000521. The largest absolute Gasteiger partial charge is 0.361 e. The lowest BCUT2D eigenvalue weighted by Crippen LogP contribution is -2.34. The average molecular weight is 332 g/mol. The van der Waals surface area contributed by atoms with Crippen molar-refractivity contribution in [2.24, 2.45) is 0 Å². The van der Waals surface area contributed by atoms with Crippen LogP contribution in [0.5, 0.6) is 0 Å². The zero-order chi connectivity index (χ0) is 16.8. The molecular weight excluding hydrogens is 308 g/mol. The Morgan fingerprint density at radius 3 is 2.57 bits per heavy atom. The van der Waals surface area contributed by atoms with Gasteiger partial charge in [-0.2, -0.15) is 0 Å². The third kappa shape index (κ3) is 4.38. The van der Waals surface area contributed by atoms with E-state index in [1.165, 1.54) is 0 Å². The van der Waals surface area contributed by atoms with Crippen LogP contribution in [-0.2, 0) is 5.75 Å². The predicted octanol–water partition coefficient (Wildman–Crippen LogP) is 4.50. The third-order valence-corrected chi connectivity index (χ3v) is 5.11. The first-order valence-electron chi connectivity index (χ1n) is 8.01. The van der Waals surface area contributed by atoms with E-state index in [9.17, 15) is 4.79 Å². The molecule has 124 valence electrons. The molecule has 5 heteroatoms. The summed E-state index contributed by atoms with van der Waals surface area (Å²) in [5.74, 6) is 1.59. The number of carbonyl (C=O) groups is 1. The number of nitrogens with zero attached hydrogens (tertiary/aromatic N) is 1. The van der Waals surface area contributed by atoms with E-state index in [1.807, 2.05) is 38.1 Å². The Balaban J connectivity index is 2.13. The van der Waals surface area contributed by atoms with Crippen molar-refractivity contribution >= 4 is 17.7 Å². The molecule has 0 atom stereocenters. The molecule has 23 heavy (non-hydrogen) atoms. The number of hydrogen-bond donors (Lipinski definition) is 1. The monoisotopic (exact) mass is 332 g/mol. The molecule has 1 aromatic heterocycles. The van der Waals surface area contributed by atoms with Crippen molar-refractivity contribution in [3.05, 3.63) is 46.8 Å². The van der Waals surface area contributed by atoms with Crippen LogP contribution in [0.2, 0.25) is 0 Å². The fourth-order valence-corrected chi connectivity index (χ4v) is 3.60. The SMILES string of the molecule is CCC(CC)NC(=O)c1ccccc1SCc1c(C)noc1C. The van der Waals surface area contributed by atoms with E-state index < -0.39 is 0 Å². The minimum atomic E-state index is 0.000521. The number of aryl methyl sites for hydroxylation is 2. The molecule has 0 saturated heterocycles. The number of hydrogen-bond acceptors (Lipinski definition) is 4. The minimum Gasteiger partial charge on any atom is -0.361 e. The lowest BCUT2D eigenvalue weighted by molar-refractivity contribution is 0.0932. The van der Waals surface area contributed by atoms with Crippen LogP contribution in [0.4, 0.5) is 0 Å². The first-order valence-corrected chi connectivity index (χ1v) is 8.99. The number of nitrogens with one attached hydrogen (secondary N) is 1. The molecule has 1 amide bonds. The average Bonchev–Trinajstić information content (AvgIpc) is 2.89. The van der Waals surface area contributed by atoms with Gasteiger partial charge in [-0.25, -0.2) is 0 Å². The maximum Gasteiger partial charge on any atom is 0.252 e. The number of thioether (sulfide) groups is 1. The number of benzene rings is 1. The van der Waals surface area contributed by atoms with Gasteiger partial charge in [-0.1, -0.05) is 31.1 Å². The lowest BCUT2D eigenvalue weighted by atomic mass is 10.1. The second-order valence-corrected chi connectivity index (χ2v) is 6.59. The summed E-state index contributed by atoms with van der Waals surface area (Å²) in [5, 5.41) is 7.09. The van der Waals surface area contributed by atoms with Gasteiger partial charge in [0.1, 0.15) is 5.76 Å². The molecule has 1 heterocycles. The van der Waals surface area contributed by atoms with Gasteiger partial charge in [0.25, 0.3) is 5.91 Å². The van der Waals surface area contributed by atoms with Crippen molar-refractivity contribution in [2.75, 3.05) is 0 Å². The predicted molar refractivity (Wildman–Crippen MR) is 93.8 cm³/mol. The number of carbonyl (C=O) groups excluding carboxylic acids is 1. The fourth-order valence-electron chi connectivity index (χ4n) is 2.39. The molecule has 0 spiro atoms. The van der Waals surface area contributed by atoms with Gasteiger partial charge in [-0.3, -0.25) is 4.79 Å². The van der Waals surface area contributed by atoms with Crippen LogP contribution >= 0.6 is 11.8 Å². The van der Waals surface area contributed by atoms with Crippen LogP contribution in [0.15, 0.2) is 33.7 Å². The zero-order valence-electron chi connectivity index (χ0n) is 14.2. The first kappa shape index (κ1) is 17.6. The van der Waals surface area contributed by atoms with Crippen molar-refractivity contribution in [1.82, 2.24) is 10.5 Å². The number of amides is 1.